The molecule has 0 unspecified atom stereocenters. The van der Waals surface area contributed by atoms with Crippen molar-refractivity contribution in [1.82, 2.24) is 0 Å². The predicted octanol–water partition coefficient (Wildman–Crippen LogP) is 20.9. The van der Waals surface area contributed by atoms with E-state index in [0.717, 1.165) is 53.6 Å². The van der Waals surface area contributed by atoms with E-state index in [4.69, 9.17) is 23.7 Å². The summed E-state index contributed by atoms with van der Waals surface area (Å²) < 4.78 is 41.4. The standard InChI is InChI=1S/C31H40O4.C27H32O4.C24H33FO2/c1-4-5-6-7-24-8-13-26(14-9-24)27-15-19-29(20-16-27)35-31(33)21-12-25-10-17-28(18-11-25)34-22-30(32)23(2)3;1-4-5-20-6-8-21(9-7-20)22-10-16-25(17-11-22)31-27(29)23-12-14-24(15-13-23)30-18-26(28)19(2)3;1-4-17-5-7-18(8-6-17)19-9-11-20(12-10-19)21-13-14-23(22(25)15-21)27-24(26)16(2)3/h10-11,15-20,24,26H,2,4-9,12-14,21-22H2,1,3H3;10-17,20-21H,2,4-9,18H2,1,3H3;13-15,17-20H,2,4-12H2,1,3H3. The third-order valence-electron chi connectivity index (χ3n) is 20.0. The van der Waals surface area contributed by atoms with Crippen LogP contribution < -0.4 is 23.7 Å². The van der Waals surface area contributed by atoms with Crippen molar-refractivity contribution >= 4 is 29.5 Å². The summed E-state index contributed by atoms with van der Waals surface area (Å²) in [5.41, 5.74) is 6.38. The summed E-state index contributed by atoms with van der Waals surface area (Å²) >= 11 is 0. The largest absolute Gasteiger partial charge is 0.485 e. The van der Waals surface area contributed by atoms with Crippen LogP contribution in [-0.4, -0.2) is 42.7 Å². The van der Waals surface area contributed by atoms with Gasteiger partial charge in [0.2, 0.25) is 0 Å². The van der Waals surface area contributed by atoms with Gasteiger partial charge < -0.3 is 23.7 Å². The van der Waals surface area contributed by atoms with E-state index in [9.17, 15) is 28.4 Å². The van der Waals surface area contributed by atoms with Gasteiger partial charge in [-0.3, -0.25) is 14.4 Å². The van der Waals surface area contributed by atoms with Crippen molar-refractivity contribution in [2.45, 2.75) is 220 Å². The van der Waals surface area contributed by atoms with Crippen LogP contribution >= 0.6 is 0 Å². The van der Waals surface area contributed by atoms with E-state index >= 15 is 0 Å². The number of rotatable bonds is 27. The molecule has 0 radical (unpaired) electrons. The molecule has 4 fully saturated rings. The van der Waals surface area contributed by atoms with Crippen molar-refractivity contribution in [2.24, 2.45) is 29.6 Å². The number of esters is 3. The van der Waals surface area contributed by atoms with Crippen LogP contribution in [0.3, 0.4) is 0 Å². The van der Waals surface area contributed by atoms with Crippen LogP contribution in [-0.2, 0) is 25.6 Å². The fourth-order valence-electron chi connectivity index (χ4n) is 13.9. The van der Waals surface area contributed by atoms with Crippen LogP contribution in [0.1, 0.15) is 246 Å². The van der Waals surface area contributed by atoms with Gasteiger partial charge in [-0.2, -0.15) is 0 Å². The van der Waals surface area contributed by atoms with Crippen LogP contribution in [0.25, 0.3) is 0 Å². The highest BCUT2D eigenvalue weighted by molar-refractivity contribution is 5.96. The minimum absolute atomic E-state index is 0.00637. The average Bonchev–Trinajstić information content (AvgIpc) is 1.32. The number of benzene rings is 5. The minimum atomic E-state index is -0.583. The number of ketones is 2. The van der Waals surface area contributed by atoms with Crippen molar-refractivity contribution in [3.05, 3.63) is 185 Å². The molecule has 93 heavy (non-hydrogen) atoms. The van der Waals surface area contributed by atoms with E-state index < -0.39 is 17.8 Å². The van der Waals surface area contributed by atoms with E-state index in [-0.39, 0.29) is 42.1 Å². The lowest BCUT2D eigenvalue weighted by molar-refractivity contribution is -0.134. The summed E-state index contributed by atoms with van der Waals surface area (Å²) in [7, 11) is 0. The van der Waals surface area contributed by atoms with Crippen LogP contribution in [0.4, 0.5) is 4.39 Å². The van der Waals surface area contributed by atoms with Crippen LogP contribution in [0.5, 0.6) is 28.7 Å². The lowest BCUT2D eigenvalue weighted by Gasteiger charge is -2.38. The number of unbranched alkanes of at least 4 members (excludes halogenated alkanes) is 2. The maximum atomic E-state index is 14.4. The third kappa shape index (κ3) is 24.1. The average molecular weight is 1270 g/mol. The number of hydrogen-bond acceptors (Lipinski definition) is 10. The second-order valence-electron chi connectivity index (χ2n) is 27.0. The fraction of sp³-hybridized carbons (Fsp3) is 0.500. The lowest BCUT2D eigenvalue weighted by atomic mass is 9.68. The normalized spacial score (nSPS) is 21.0. The first-order valence-corrected chi connectivity index (χ1v) is 35.0. The first kappa shape index (κ1) is 73.0. The number of halogens is 1. The second kappa shape index (κ2) is 38.1. The molecule has 500 valence electrons. The maximum absolute atomic E-state index is 14.4. The molecule has 4 aliphatic rings. The first-order valence-electron chi connectivity index (χ1n) is 35.0. The summed E-state index contributed by atoms with van der Waals surface area (Å²) in [6.07, 6.45) is 31.1. The number of Topliss-reactive ketones (excluding diaryl/α,β-unsaturated/α-hetero) is 2. The zero-order valence-corrected chi connectivity index (χ0v) is 56.8. The van der Waals surface area contributed by atoms with Gasteiger partial charge in [0, 0.05) is 12.0 Å². The molecule has 9 rings (SSSR count). The summed E-state index contributed by atoms with van der Waals surface area (Å²) in [5, 5.41) is 0. The molecule has 0 aliphatic heterocycles. The van der Waals surface area contributed by atoms with Gasteiger partial charge >= 0.3 is 17.9 Å². The molecule has 4 aliphatic carbocycles. The SMILES string of the molecule is C=C(C)C(=O)COc1ccc(C(=O)Oc2ccc(C3CCC(CCC)CC3)cc2)cc1.C=C(C)C(=O)COc1ccc(CCC(=O)Oc2ccc(C3CCC(CCCCC)CC3)cc2)cc1.C=C(C)C(=O)Oc1ccc(C2CCC(C3CCC(CC)CC3)CC2)cc1F. The quantitative estimate of drug-likeness (QED) is 0.0217. The van der Waals surface area contributed by atoms with E-state index in [1.165, 1.54) is 146 Å². The van der Waals surface area contributed by atoms with Gasteiger partial charge in [0.1, 0.15) is 23.0 Å². The Labute approximate surface area is 555 Å². The summed E-state index contributed by atoms with van der Waals surface area (Å²) in [4.78, 5) is 59.5. The number of hydrogen-bond donors (Lipinski definition) is 0. The molecule has 4 saturated carbocycles. The predicted molar refractivity (Wildman–Crippen MR) is 371 cm³/mol. The molecule has 0 aromatic heterocycles. The van der Waals surface area contributed by atoms with E-state index in [2.05, 4.69) is 64.8 Å². The number of carbonyl (C=O) groups excluding carboxylic acids is 5. The smallest absolute Gasteiger partial charge is 0.343 e. The number of ether oxygens (including phenoxy) is 5. The Kier molecular flexibility index (Phi) is 29.9. The second-order valence-corrected chi connectivity index (χ2v) is 27.0. The van der Waals surface area contributed by atoms with Gasteiger partial charge in [-0.25, -0.2) is 14.0 Å². The minimum Gasteiger partial charge on any atom is -0.485 e. The Hall–Kier alpha value is -7.40. The summed E-state index contributed by atoms with van der Waals surface area (Å²) in [5.74, 6) is 6.52. The topological polar surface area (TPSA) is 132 Å². The Balaban J connectivity index is 0.000000199. The van der Waals surface area contributed by atoms with Crippen molar-refractivity contribution < 1.29 is 52.0 Å². The molecule has 0 bridgehead atoms. The van der Waals surface area contributed by atoms with E-state index in [1.54, 1.807) is 57.2 Å². The zero-order chi connectivity index (χ0) is 66.7. The molecular formula is C82H105FO10. The molecule has 0 amide bonds. The summed E-state index contributed by atoms with van der Waals surface area (Å²) in [6, 6.07) is 35.1. The Bertz CT molecular complexity index is 3180. The lowest BCUT2D eigenvalue weighted by Crippen LogP contribution is -2.25. The van der Waals surface area contributed by atoms with E-state index in [1.807, 2.05) is 54.6 Å². The molecule has 0 N–H and O–H groups in total. The van der Waals surface area contributed by atoms with Crippen molar-refractivity contribution in [3.8, 4) is 28.7 Å². The zero-order valence-electron chi connectivity index (χ0n) is 56.8. The van der Waals surface area contributed by atoms with E-state index in [0.29, 0.717) is 70.3 Å². The van der Waals surface area contributed by atoms with Crippen molar-refractivity contribution in [1.29, 1.82) is 0 Å². The van der Waals surface area contributed by atoms with Gasteiger partial charge in [0.05, 0.1) is 5.56 Å². The van der Waals surface area contributed by atoms with Crippen molar-refractivity contribution in [2.75, 3.05) is 13.2 Å². The Morgan fingerprint density at radius 1 is 0.452 bits per heavy atom. The Morgan fingerprint density at radius 3 is 1.37 bits per heavy atom. The van der Waals surface area contributed by atoms with Gasteiger partial charge in [-0.05, 0) is 271 Å². The van der Waals surface area contributed by atoms with Gasteiger partial charge in [0.25, 0.3) is 0 Å². The van der Waals surface area contributed by atoms with Gasteiger partial charge in [-0.1, -0.05) is 141 Å². The van der Waals surface area contributed by atoms with Crippen LogP contribution in [0, 0.1) is 35.4 Å². The molecule has 10 nitrogen and oxygen atoms in total. The highest BCUT2D eigenvalue weighted by Gasteiger charge is 2.32. The van der Waals surface area contributed by atoms with Crippen LogP contribution in [0.2, 0.25) is 0 Å². The monoisotopic (exact) mass is 1270 g/mol. The van der Waals surface area contributed by atoms with Crippen LogP contribution in [0.15, 0.2) is 152 Å². The molecule has 0 heterocycles. The number of aryl methyl sites for hydroxylation is 1. The molecule has 5 aromatic carbocycles. The molecule has 0 atom stereocenters. The first-order chi connectivity index (χ1) is 44.9. The molecule has 0 spiro atoms. The third-order valence-corrected chi connectivity index (χ3v) is 20.0. The highest BCUT2D eigenvalue weighted by atomic mass is 19.1. The summed E-state index contributed by atoms with van der Waals surface area (Å²) in [6.45, 7) is 22.4. The molecule has 0 saturated heterocycles. The van der Waals surface area contributed by atoms with Crippen molar-refractivity contribution in [3.63, 3.8) is 0 Å². The number of carbonyl (C=O) groups is 5. The maximum Gasteiger partial charge on any atom is 0.343 e. The Morgan fingerprint density at radius 2 is 0.892 bits per heavy atom. The molecule has 11 heteroatoms. The van der Waals surface area contributed by atoms with Gasteiger partial charge in [0.15, 0.2) is 36.3 Å². The van der Waals surface area contributed by atoms with Gasteiger partial charge in [-0.15, -0.1) is 0 Å². The fourth-order valence-corrected chi connectivity index (χ4v) is 13.9. The molecular weight excluding hydrogens is 1160 g/mol. The molecule has 5 aromatic rings. The highest BCUT2D eigenvalue weighted by Crippen LogP contribution is 2.45.